The van der Waals surface area contributed by atoms with Crippen molar-refractivity contribution in [3.63, 3.8) is 0 Å². The lowest BCUT2D eigenvalue weighted by Crippen LogP contribution is -2.49. The average molecular weight is 236 g/mol. The zero-order valence-electron chi connectivity index (χ0n) is 9.37. The third kappa shape index (κ3) is 1.34. The highest BCUT2D eigenvalue weighted by Gasteiger charge is 2.51. The summed E-state index contributed by atoms with van der Waals surface area (Å²) in [4.78, 5) is 31.6. The molecule has 8 nitrogen and oxygen atoms in total. The highest BCUT2D eigenvalue weighted by Crippen LogP contribution is 2.39. The molecule has 2 rings (SSSR count). The minimum absolute atomic E-state index is 0.0944. The summed E-state index contributed by atoms with van der Waals surface area (Å²) in [5.74, 6) is 4.66. The third-order valence-electron chi connectivity index (χ3n) is 2.82. The van der Waals surface area contributed by atoms with Crippen molar-refractivity contribution in [3.05, 3.63) is 11.4 Å². The predicted octanol–water partition coefficient (Wildman–Crippen LogP) is -1.43. The Morgan fingerprint density at radius 3 is 2.71 bits per heavy atom. The molecule has 0 bridgehead atoms. The van der Waals surface area contributed by atoms with Gasteiger partial charge in [-0.25, -0.2) is 15.8 Å². The second-order valence-electron chi connectivity index (χ2n) is 3.93. The third-order valence-corrected chi connectivity index (χ3v) is 2.82. The van der Waals surface area contributed by atoms with E-state index in [4.69, 9.17) is 11.6 Å². The van der Waals surface area contributed by atoms with Gasteiger partial charge in [0.2, 0.25) is 5.91 Å². The van der Waals surface area contributed by atoms with Crippen LogP contribution in [0.4, 0.5) is 11.6 Å². The second kappa shape index (κ2) is 3.39. The van der Waals surface area contributed by atoms with E-state index in [9.17, 15) is 9.59 Å². The minimum atomic E-state index is -1.50. The summed E-state index contributed by atoms with van der Waals surface area (Å²) >= 11 is 0. The fraction of sp³-hybridized carbons (Fsp3) is 0.333. The molecule has 17 heavy (non-hydrogen) atoms. The van der Waals surface area contributed by atoms with Crippen molar-refractivity contribution in [2.45, 2.75) is 19.3 Å². The number of amides is 2. The quantitative estimate of drug-likeness (QED) is 0.204. The monoisotopic (exact) mass is 236 g/mol. The molecule has 1 aromatic heterocycles. The largest absolute Gasteiger partial charge is 0.383 e. The molecule has 0 fully saturated rings. The molecule has 1 aliphatic heterocycles. The smallest absolute Gasteiger partial charge is 0.254 e. The Balaban J connectivity index is 2.69. The standard InChI is InChI=1S/C9H12N6O2/c1-3-12-5(10)4-6(13-3)14-7(16)9(4,2)8(17)15-11/h11H2,1-2H3,(H,15,17)(H3,10,12,13,14,16). The van der Waals surface area contributed by atoms with Gasteiger partial charge in [0.15, 0.2) is 5.41 Å². The number of anilines is 2. The molecule has 2 heterocycles. The Bertz CT molecular complexity index is 528. The van der Waals surface area contributed by atoms with Crippen LogP contribution in [0.15, 0.2) is 0 Å². The Hall–Kier alpha value is -2.22. The zero-order valence-corrected chi connectivity index (χ0v) is 9.37. The first-order valence-corrected chi connectivity index (χ1v) is 4.88. The molecule has 2 amide bonds. The molecule has 0 radical (unpaired) electrons. The van der Waals surface area contributed by atoms with Crippen LogP contribution in [0.1, 0.15) is 18.3 Å². The first-order chi connectivity index (χ1) is 7.91. The molecule has 1 unspecified atom stereocenters. The summed E-state index contributed by atoms with van der Waals surface area (Å²) in [6, 6.07) is 0. The summed E-state index contributed by atoms with van der Waals surface area (Å²) in [5.41, 5.74) is 6.45. The summed E-state index contributed by atoms with van der Waals surface area (Å²) in [7, 11) is 0. The predicted molar refractivity (Wildman–Crippen MR) is 59.5 cm³/mol. The van der Waals surface area contributed by atoms with Crippen LogP contribution in [-0.4, -0.2) is 21.8 Å². The molecule has 1 atom stereocenters. The van der Waals surface area contributed by atoms with Crippen molar-refractivity contribution in [2.75, 3.05) is 11.1 Å². The van der Waals surface area contributed by atoms with E-state index in [0.717, 1.165) is 0 Å². The second-order valence-corrected chi connectivity index (χ2v) is 3.93. The van der Waals surface area contributed by atoms with Crippen LogP contribution in [0.25, 0.3) is 0 Å². The summed E-state index contributed by atoms with van der Waals surface area (Å²) in [6.45, 7) is 3.06. The van der Waals surface area contributed by atoms with Crippen LogP contribution in [-0.2, 0) is 15.0 Å². The molecule has 0 saturated carbocycles. The van der Waals surface area contributed by atoms with Gasteiger partial charge < -0.3 is 11.1 Å². The number of nitrogens with two attached hydrogens (primary N) is 2. The fourth-order valence-corrected chi connectivity index (χ4v) is 1.88. The molecule has 1 aromatic rings. The summed E-state index contributed by atoms with van der Waals surface area (Å²) < 4.78 is 0. The maximum atomic E-state index is 11.9. The van der Waals surface area contributed by atoms with Gasteiger partial charge in [-0.3, -0.25) is 15.0 Å². The van der Waals surface area contributed by atoms with E-state index in [2.05, 4.69) is 15.3 Å². The molecule has 0 aromatic carbocycles. The van der Waals surface area contributed by atoms with Gasteiger partial charge in [0.05, 0.1) is 5.56 Å². The van der Waals surface area contributed by atoms with E-state index in [-0.39, 0.29) is 17.2 Å². The van der Waals surface area contributed by atoms with E-state index in [1.165, 1.54) is 6.92 Å². The van der Waals surface area contributed by atoms with Gasteiger partial charge in [-0.05, 0) is 13.8 Å². The first-order valence-electron chi connectivity index (χ1n) is 4.88. The Morgan fingerprint density at radius 1 is 1.47 bits per heavy atom. The van der Waals surface area contributed by atoms with Gasteiger partial charge >= 0.3 is 0 Å². The number of hydrogen-bond donors (Lipinski definition) is 4. The lowest BCUT2D eigenvalue weighted by Gasteiger charge is -2.20. The lowest BCUT2D eigenvalue weighted by molar-refractivity contribution is -0.133. The number of aromatic nitrogens is 2. The molecule has 0 aliphatic carbocycles. The number of carbonyl (C=O) groups excluding carboxylic acids is 2. The fourth-order valence-electron chi connectivity index (χ4n) is 1.88. The van der Waals surface area contributed by atoms with Crippen molar-refractivity contribution in [1.82, 2.24) is 15.4 Å². The van der Waals surface area contributed by atoms with Crippen LogP contribution >= 0.6 is 0 Å². The van der Waals surface area contributed by atoms with Crippen molar-refractivity contribution >= 4 is 23.5 Å². The summed E-state index contributed by atoms with van der Waals surface area (Å²) in [6.07, 6.45) is 0. The van der Waals surface area contributed by atoms with Gasteiger partial charge in [-0.2, -0.15) is 0 Å². The van der Waals surface area contributed by atoms with Crippen molar-refractivity contribution in [3.8, 4) is 0 Å². The van der Waals surface area contributed by atoms with Crippen LogP contribution in [0.5, 0.6) is 0 Å². The van der Waals surface area contributed by atoms with Crippen molar-refractivity contribution in [2.24, 2.45) is 5.84 Å². The Labute approximate surface area is 96.8 Å². The van der Waals surface area contributed by atoms with Gasteiger partial charge in [-0.1, -0.05) is 0 Å². The van der Waals surface area contributed by atoms with Crippen molar-refractivity contribution < 1.29 is 9.59 Å². The van der Waals surface area contributed by atoms with E-state index >= 15 is 0 Å². The van der Waals surface area contributed by atoms with Gasteiger partial charge in [-0.15, -0.1) is 0 Å². The van der Waals surface area contributed by atoms with Crippen molar-refractivity contribution in [1.29, 1.82) is 0 Å². The number of nitrogen functional groups attached to an aromatic ring is 1. The topological polar surface area (TPSA) is 136 Å². The van der Waals surface area contributed by atoms with Crippen LogP contribution in [0.2, 0.25) is 0 Å². The summed E-state index contributed by atoms with van der Waals surface area (Å²) in [5, 5.41) is 2.50. The molecule has 8 heteroatoms. The average Bonchev–Trinajstić information content (AvgIpc) is 2.50. The molecule has 0 saturated heterocycles. The number of nitrogens with one attached hydrogen (secondary N) is 2. The Kier molecular flexibility index (Phi) is 2.25. The van der Waals surface area contributed by atoms with E-state index in [1.54, 1.807) is 6.92 Å². The van der Waals surface area contributed by atoms with Crippen LogP contribution in [0, 0.1) is 6.92 Å². The molecule has 0 spiro atoms. The molecule has 6 N–H and O–H groups in total. The number of rotatable bonds is 1. The number of aryl methyl sites for hydroxylation is 1. The van der Waals surface area contributed by atoms with Gasteiger partial charge in [0, 0.05) is 0 Å². The molecular formula is C9H12N6O2. The maximum absolute atomic E-state index is 11.9. The number of nitrogens with zero attached hydrogens (tertiary/aromatic N) is 2. The number of fused-ring (bicyclic) bond motifs is 1. The van der Waals surface area contributed by atoms with E-state index < -0.39 is 17.2 Å². The SMILES string of the molecule is Cc1nc(N)c2c(n1)NC(=O)C2(C)C(=O)NN. The Morgan fingerprint density at radius 2 is 2.12 bits per heavy atom. The number of hydrogen-bond acceptors (Lipinski definition) is 6. The number of hydrazine groups is 1. The molecule has 90 valence electrons. The maximum Gasteiger partial charge on any atom is 0.254 e. The lowest BCUT2D eigenvalue weighted by atomic mass is 9.84. The van der Waals surface area contributed by atoms with Crippen LogP contribution in [0.3, 0.4) is 0 Å². The highest BCUT2D eigenvalue weighted by atomic mass is 16.2. The first kappa shape index (κ1) is 11.3. The van der Waals surface area contributed by atoms with E-state index in [1.807, 2.05) is 5.43 Å². The number of carbonyl (C=O) groups is 2. The van der Waals surface area contributed by atoms with E-state index in [0.29, 0.717) is 5.82 Å². The zero-order chi connectivity index (χ0) is 12.8. The minimum Gasteiger partial charge on any atom is -0.383 e. The van der Waals surface area contributed by atoms with Gasteiger partial charge in [0.1, 0.15) is 17.5 Å². The normalized spacial score (nSPS) is 21.9. The molecular weight excluding hydrogens is 224 g/mol. The van der Waals surface area contributed by atoms with Gasteiger partial charge in [0.25, 0.3) is 5.91 Å². The highest BCUT2D eigenvalue weighted by molar-refractivity contribution is 6.20. The molecule has 1 aliphatic rings. The van der Waals surface area contributed by atoms with Crippen LogP contribution < -0.4 is 22.3 Å².